The Balaban J connectivity index is 2.16. The maximum atomic E-state index is 11.7. The van der Waals surface area contributed by atoms with Crippen LogP contribution in [0, 0.1) is 0 Å². The summed E-state index contributed by atoms with van der Waals surface area (Å²) in [6.07, 6.45) is 0. The summed E-state index contributed by atoms with van der Waals surface area (Å²) >= 11 is 0. The average Bonchev–Trinajstić information content (AvgIpc) is 2.48. The number of hydrogen-bond acceptors (Lipinski definition) is 4. The minimum absolute atomic E-state index is 0.0305. The number of carboxylic acids is 1. The second kappa shape index (κ2) is 6.58. The van der Waals surface area contributed by atoms with E-state index in [9.17, 15) is 14.7 Å². The van der Waals surface area contributed by atoms with Crippen molar-refractivity contribution in [1.82, 2.24) is 9.80 Å². The van der Waals surface area contributed by atoms with E-state index >= 15 is 0 Å². The zero-order valence-electron chi connectivity index (χ0n) is 12.3. The first-order chi connectivity index (χ1) is 10.0. The molecule has 1 amide bonds. The number of nitrogens with zero attached hydrogens (tertiary/aromatic N) is 2. The zero-order valence-corrected chi connectivity index (χ0v) is 12.3. The number of aliphatic carboxylic acids is 1. The fourth-order valence-corrected chi connectivity index (χ4v) is 2.62. The van der Waals surface area contributed by atoms with Crippen LogP contribution in [0.1, 0.15) is 18.5 Å². The second-order valence-electron chi connectivity index (χ2n) is 5.06. The van der Waals surface area contributed by atoms with Crippen LogP contribution in [0.5, 0.6) is 5.75 Å². The molecule has 1 N–H and O–H groups in total. The Labute approximate surface area is 123 Å². The van der Waals surface area contributed by atoms with Crippen LogP contribution in [0.25, 0.3) is 0 Å². The first-order valence-corrected chi connectivity index (χ1v) is 6.89. The number of methoxy groups -OCH3 is 1. The SMILES string of the molecule is COc1cccc(C(C(=O)O)N2CCN(C(C)=O)CC2)c1. The van der Waals surface area contributed by atoms with E-state index in [2.05, 4.69) is 0 Å². The van der Waals surface area contributed by atoms with Crippen LogP contribution in [0.3, 0.4) is 0 Å². The summed E-state index contributed by atoms with van der Waals surface area (Å²) in [5, 5.41) is 9.55. The van der Waals surface area contributed by atoms with Gasteiger partial charge < -0.3 is 14.7 Å². The predicted octanol–water partition coefficient (Wildman–Crippen LogP) is 0.985. The molecule has 1 fully saturated rings. The molecule has 1 saturated heterocycles. The Morgan fingerprint density at radius 2 is 1.90 bits per heavy atom. The topological polar surface area (TPSA) is 70.1 Å². The van der Waals surface area contributed by atoms with Crippen LogP contribution in [-0.4, -0.2) is 60.1 Å². The normalized spacial score (nSPS) is 17.3. The minimum atomic E-state index is -0.889. The maximum Gasteiger partial charge on any atom is 0.325 e. The first-order valence-electron chi connectivity index (χ1n) is 6.89. The number of carboxylic acid groups (broad SMARTS) is 1. The molecule has 6 heteroatoms. The standard InChI is InChI=1S/C15H20N2O4/c1-11(18)16-6-8-17(9-7-16)14(15(19)20)12-4-3-5-13(10-12)21-2/h3-5,10,14H,6-9H2,1-2H3,(H,19,20). The Bertz CT molecular complexity index is 524. The number of ether oxygens (including phenoxy) is 1. The quantitative estimate of drug-likeness (QED) is 0.896. The lowest BCUT2D eigenvalue weighted by Gasteiger charge is -2.37. The third-order valence-electron chi connectivity index (χ3n) is 3.77. The van der Waals surface area contributed by atoms with Crippen molar-refractivity contribution >= 4 is 11.9 Å². The molecule has 0 spiro atoms. The summed E-state index contributed by atoms with van der Waals surface area (Å²) in [5.74, 6) is -0.219. The van der Waals surface area contributed by atoms with E-state index in [1.807, 2.05) is 4.90 Å². The molecule has 2 rings (SSSR count). The van der Waals surface area contributed by atoms with E-state index in [-0.39, 0.29) is 5.91 Å². The summed E-state index contributed by atoms with van der Waals surface area (Å²) in [7, 11) is 1.56. The van der Waals surface area contributed by atoms with Crippen molar-refractivity contribution in [3.8, 4) is 5.75 Å². The van der Waals surface area contributed by atoms with Crippen LogP contribution >= 0.6 is 0 Å². The molecule has 0 saturated carbocycles. The second-order valence-corrected chi connectivity index (χ2v) is 5.06. The van der Waals surface area contributed by atoms with Crippen molar-refractivity contribution in [3.05, 3.63) is 29.8 Å². The van der Waals surface area contributed by atoms with Crippen molar-refractivity contribution in [2.24, 2.45) is 0 Å². The molecule has 1 aromatic carbocycles. The molecule has 114 valence electrons. The molecule has 0 aliphatic carbocycles. The average molecular weight is 292 g/mol. The van der Waals surface area contributed by atoms with E-state index in [1.165, 1.54) is 6.92 Å². The third-order valence-corrected chi connectivity index (χ3v) is 3.77. The van der Waals surface area contributed by atoms with Crippen molar-refractivity contribution in [3.63, 3.8) is 0 Å². The van der Waals surface area contributed by atoms with Crippen molar-refractivity contribution < 1.29 is 19.4 Å². The van der Waals surface area contributed by atoms with Crippen LogP contribution in [0.2, 0.25) is 0 Å². The fraction of sp³-hybridized carbons (Fsp3) is 0.467. The predicted molar refractivity (Wildman–Crippen MR) is 77.2 cm³/mol. The van der Waals surface area contributed by atoms with Crippen LogP contribution in [0.15, 0.2) is 24.3 Å². The smallest absolute Gasteiger partial charge is 0.325 e. The van der Waals surface area contributed by atoms with E-state index in [4.69, 9.17) is 4.74 Å². The molecule has 0 aromatic heterocycles. The van der Waals surface area contributed by atoms with Crippen LogP contribution < -0.4 is 4.74 Å². The van der Waals surface area contributed by atoms with Gasteiger partial charge in [0, 0.05) is 33.1 Å². The van der Waals surface area contributed by atoms with Crippen molar-refractivity contribution in [1.29, 1.82) is 0 Å². The molecule has 0 radical (unpaired) electrons. The van der Waals surface area contributed by atoms with Gasteiger partial charge in [0.1, 0.15) is 11.8 Å². The Hall–Kier alpha value is -2.08. The molecule has 6 nitrogen and oxygen atoms in total. The Kier molecular flexibility index (Phi) is 4.80. The molecule has 0 bridgehead atoms. The molecule has 21 heavy (non-hydrogen) atoms. The molecule has 1 aromatic rings. The van der Waals surface area contributed by atoms with Gasteiger partial charge in [0.15, 0.2) is 0 Å². The summed E-state index contributed by atoms with van der Waals surface area (Å²) < 4.78 is 5.16. The Morgan fingerprint density at radius 3 is 2.43 bits per heavy atom. The van der Waals surface area contributed by atoms with Crippen LogP contribution in [-0.2, 0) is 9.59 Å². The summed E-state index contributed by atoms with van der Waals surface area (Å²) in [6, 6.07) is 6.40. The van der Waals surface area contributed by atoms with E-state index in [0.717, 1.165) is 0 Å². The van der Waals surface area contributed by atoms with Crippen LogP contribution in [0.4, 0.5) is 0 Å². The minimum Gasteiger partial charge on any atom is -0.497 e. The lowest BCUT2D eigenvalue weighted by molar-refractivity contribution is -0.145. The largest absolute Gasteiger partial charge is 0.497 e. The van der Waals surface area contributed by atoms with Gasteiger partial charge in [-0.3, -0.25) is 14.5 Å². The first kappa shape index (κ1) is 15.3. The molecule has 1 aliphatic heterocycles. The summed E-state index contributed by atoms with van der Waals surface area (Å²) in [5.41, 5.74) is 0.693. The number of benzene rings is 1. The summed E-state index contributed by atoms with van der Waals surface area (Å²) in [6.45, 7) is 3.75. The highest BCUT2D eigenvalue weighted by Gasteiger charge is 2.31. The van der Waals surface area contributed by atoms with Crippen molar-refractivity contribution in [2.45, 2.75) is 13.0 Å². The number of amides is 1. The van der Waals surface area contributed by atoms with Gasteiger partial charge in [-0.25, -0.2) is 0 Å². The van der Waals surface area contributed by atoms with Gasteiger partial charge in [-0.05, 0) is 17.7 Å². The third kappa shape index (κ3) is 3.52. The highest BCUT2D eigenvalue weighted by atomic mass is 16.5. The highest BCUT2D eigenvalue weighted by Crippen LogP contribution is 2.25. The fourth-order valence-electron chi connectivity index (χ4n) is 2.62. The molecule has 1 unspecified atom stereocenters. The lowest BCUT2D eigenvalue weighted by Crippen LogP contribution is -2.50. The Morgan fingerprint density at radius 1 is 1.24 bits per heavy atom. The summed E-state index contributed by atoms with van der Waals surface area (Å²) in [4.78, 5) is 26.6. The monoisotopic (exact) mass is 292 g/mol. The number of carbonyl (C=O) groups excluding carboxylic acids is 1. The van der Waals surface area contributed by atoms with Crippen molar-refractivity contribution in [2.75, 3.05) is 33.3 Å². The van der Waals surface area contributed by atoms with E-state index < -0.39 is 12.0 Å². The van der Waals surface area contributed by atoms with Gasteiger partial charge in [-0.15, -0.1) is 0 Å². The molecular formula is C15H20N2O4. The van der Waals surface area contributed by atoms with E-state index in [0.29, 0.717) is 37.5 Å². The molecular weight excluding hydrogens is 272 g/mol. The number of piperazine rings is 1. The maximum absolute atomic E-state index is 11.7. The van der Waals surface area contributed by atoms with Gasteiger partial charge in [0.2, 0.25) is 5.91 Å². The molecule has 1 aliphatic rings. The van der Waals surface area contributed by atoms with Gasteiger partial charge in [0.25, 0.3) is 0 Å². The molecule has 1 heterocycles. The highest BCUT2D eigenvalue weighted by molar-refractivity contribution is 5.76. The number of carbonyl (C=O) groups is 2. The lowest BCUT2D eigenvalue weighted by atomic mass is 10.0. The van der Waals surface area contributed by atoms with E-state index in [1.54, 1.807) is 36.3 Å². The number of rotatable bonds is 4. The molecule has 1 atom stereocenters. The van der Waals surface area contributed by atoms with Gasteiger partial charge in [0.05, 0.1) is 7.11 Å². The van der Waals surface area contributed by atoms with Gasteiger partial charge >= 0.3 is 5.97 Å². The zero-order chi connectivity index (χ0) is 15.4. The van der Waals surface area contributed by atoms with Gasteiger partial charge in [-0.2, -0.15) is 0 Å². The van der Waals surface area contributed by atoms with Gasteiger partial charge in [-0.1, -0.05) is 12.1 Å². The number of hydrogen-bond donors (Lipinski definition) is 1.